The van der Waals surface area contributed by atoms with Gasteiger partial charge in [0.2, 0.25) is 0 Å². The third-order valence-electron chi connectivity index (χ3n) is 2.33. The lowest BCUT2D eigenvalue weighted by atomic mass is 10.0. The van der Waals surface area contributed by atoms with Gasteiger partial charge in [-0.05, 0) is 24.0 Å². The summed E-state index contributed by atoms with van der Waals surface area (Å²) in [6.45, 7) is 4.24. The summed E-state index contributed by atoms with van der Waals surface area (Å²) in [5, 5.41) is 0. The number of amides is 1. The number of nitrogens with zero attached hydrogens (tertiary/aromatic N) is 1. The van der Waals surface area contributed by atoms with Crippen molar-refractivity contribution in [3.63, 3.8) is 0 Å². The average Bonchev–Trinajstić information content (AvgIpc) is 2.27. The molecule has 0 spiro atoms. The van der Waals surface area contributed by atoms with Crippen molar-refractivity contribution in [1.29, 1.82) is 0 Å². The number of rotatable bonds is 3. The van der Waals surface area contributed by atoms with Crippen LogP contribution in [0.15, 0.2) is 18.3 Å². The smallest absolute Gasteiger partial charge is 0.283 e. The molecule has 1 atom stereocenters. The van der Waals surface area contributed by atoms with E-state index >= 15 is 0 Å². The number of nitrogens with two attached hydrogens (primary N) is 1. The van der Waals surface area contributed by atoms with Crippen LogP contribution in [0.5, 0.6) is 0 Å². The van der Waals surface area contributed by atoms with Crippen LogP contribution < -0.4 is 11.3 Å². The molecule has 14 heavy (non-hydrogen) atoms. The maximum atomic E-state index is 11.1. The largest absolute Gasteiger partial charge is 0.289 e. The number of nitrogens with one attached hydrogen (secondary N) is 1. The molecule has 0 saturated heterocycles. The van der Waals surface area contributed by atoms with Crippen LogP contribution >= 0.6 is 0 Å². The van der Waals surface area contributed by atoms with Crippen molar-refractivity contribution in [2.45, 2.75) is 26.2 Å². The summed E-state index contributed by atoms with van der Waals surface area (Å²) in [6, 6.07) is 3.59. The molecule has 76 valence electrons. The first kappa shape index (κ1) is 10.7. The van der Waals surface area contributed by atoms with Crippen LogP contribution in [0.4, 0.5) is 0 Å². The Morgan fingerprint density at radius 3 is 2.79 bits per heavy atom. The highest BCUT2D eigenvalue weighted by atomic mass is 16.2. The van der Waals surface area contributed by atoms with E-state index in [1.165, 1.54) is 0 Å². The van der Waals surface area contributed by atoms with Crippen LogP contribution in [-0.2, 0) is 0 Å². The predicted molar refractivity (Wildman–Crippen MR) is 54.6 cm³/mol. The van der Waals surface area contributed by atoms with Gasteiger partial charge in [-0.3, -0.25) is 15.2 Å². The quantitative estimate of drug-likeness (QED) is 0.430. The zero-order valence-electron chi connectivity index (χ0n) is 8.45. The number of aromatic nitrogens is 1. The molecule has 1 amide bonds. The van der Waals surface area contributed by atoms with Gasteiger partial charge < -0.3 is 0 Å². The van der Waals surface area contributed by atoms with E-state index in [-0.39, 0.29) is 5.91 Å². The third-order valence-corrected chi connectivity index (χ3v) is 2.33. The normalized spacial score (nSPS) is 12.2. The van der Waals surface area contributed by atoms with E-state index in [2.05, 4.69) is 18.8 Å². The van der Waals surface area contributed by atoms with E-state index in [0.717, 1.165) is 12.0 Å². The number of carbonyl (C=O) groups excluding carboxylic acids is 1. The van der Waals surface area contributed by atoms with Gasteiger partial charge in [0.1, 0.15) is 5.69 Å². The first-order valence-corrected chi connectivity index (χ1v) is 4.66. The maximum absolute atomic E-state index is 11.1. The zero-order valence-corrected chi connectivity index (χ0v) is 8.45. The zero-order chi connectivity index (χ0) is 10.6. The highest BCUT2D eigenvalue weighted by molar-refractivity contribution is 5.91. The van der Waals surface area contributed by atoms with Gasteiger partial charge >= 0.3 is 0 Å². The monoisotopic (exact) mass is 193 g/mol. The molecule has 1 rings (SSSR count). The van der Waals surface area contributed by atoms with E-state index in [0.29, 0.717) is 11.6 Å². The predicted octanol–water partition coefficient (Wildman–Crippen LogP) is 1.20. The molecule has 1 aromatic heterocycles. The van der Waals surface area contributed by atoms with Gasteiger partial charge in [-0.2, -0.15) is 0 Å². The lowest BCUT2D eigenvalue weighted by molar-refractivity contribution is 0.0948. The standard InChI is InChI=1S/C10H15N3O/c1-3-7(2)8-4-5-9(12-6-8)10(14)13-11/h4-7H,3,11H2,1-2H3,(H,13,14). The van der Waals surface area contributed by atoms with Crippen LogP contribution in [0.1, 0.15) is 42.2 Å². The number of pyridine rings is 1. The Labute approximate surface area is 83.5 Å². The minimum absolute atomic E-state index is 0.347. The van der Waals surface area contributed by atoms with E-state index < -0.39 is 0 Å². The summed E-state index contributed by atoms with van der Waals surface area (Å²) in [6.07, 6.45) is 2.78. The molecule has 0 aliphatic rings. The molecule has 4 nitrogen and oxygen atoms in total. The molecule has 0 aromatic carbocycles. The molecule has 0 saturated carbocycles. The fraction of sp³-hybridized carbons (Fsp3) is 0.400. The van der Waals surface area contributed by atoms with Crippen molar-refractivity contribution in [2.75, 3.05) is 0 Å². The second-order valence-electron chi connectivity index (χ2n) is 3.26. The summed E-state index contributed by atoms with van der Waals surface area (Å²) in [4.78, 5) is 15.1. The second kappa shape index (κ2) is 4.72. The van der Waals surface area contributed by atoms with E-state index in [1.807, 2.05) is 11.5 Å². The van der Waals surface area contributed by atoms with Crippen molar-refractivity contribution in [3.8, 4) is 0 Å². The first-order chi connectivity index (χ1) is 6.69. The van der Waals surface area contributed by atoms with Crippen LogP contribution in [0.25, 0.3) is 0 Å². The molecular formula is C10H15N3O. The van der Waals surface area contributed by atoms with Crippen LogP contribution in [0, 0.1) is 0 Å². The molecular weight excluding hydrogens is 178 g/mol. The second-order valence-corrected chi connectivity index (χ2v) is 3.26. The topological polar surface area (TPSA) is 68.0 Å². The van der Waals surface area contributed by atoms with Crippen molar-refractivity contribution in [3.05, 3.63) is 29.6 Å². The Kier molecular flexibility index (Phi) is 3.59. The van der Waals surface area contributed by atoms with Gasteiger partial charge in [0.05, 0.1) is 0 Å². The number of hydrogen-bond donors (Lipinski definition) is 2. The van der Waals surface area contributed by atoms with Gasteiger partial charge in [-0.25, -0.2) is 5.84 Å². The molecule has 4 heteroatoms. The molecule has 0 aliphatic carbocycles. The fourth-order valence-electron chi connectivity index (χ4n) is 1.14. The van der Waals surface area contributed by atoms with Crippen LogP contribution in [0.2, 0.25) is 0 Å². The molecule has 1 heterocycles. The van der Waals surface area contributed by atoms with Crippen molar-refractivity contribution < 1.29 is 4.79 Å². The SMILES string of the molecule is CCC(C)c1ccc(C(=O)NN)nc1. The third kappa shape index (κ3) is 2.29. The Balaban J connectivity index is 2.83. The molecule has 0 radical (unpaired) electrons. The number of hydrogen-bond acceptors (Lipinski definition) is 3. The Bertz CT molecular complexity index is 308. The summed E-state index contributed by atoms with van der Waals surface area (Å²) in [5.74, 6) is 5.10. The Morgan fingerprint density at radius 1 is 1.64 bits per heavy atom. The minimum Gasteiger partial charge on any atom is -0.289 e. The Hall–Kier alpha value is -1.42. The lowest BCUT2D eigenvalue weighted by Gasteiger charge is -2.08. The number of nitrogen functional groups attached to an aromatic ring is 1. The van der Waals surface area contributed by atoms with E-state index in [9.17, 15) is 4.79 Å². The van der Waals surface area contributed by atoms with Gasteiger partial charge in [0, 0.05) is 6.20 Å². The van der Waals surface area contributed by atoms with Gasteiger partial charge in [-0.1, -0.05) is 19.9 Å². The van der Waals surface area contributed by atoms with Gasteiger partial charge in [0.15, 0.2) is 0 Å². The van der Waals surface area contributed by atoms with Crippen LogP contribution in [0.3, 0.4) is 0 Å². The fourth-order valence-corrected chi connectivity index (χ4v) is 1.14. The minimum atomic E-state index is -0.360. The molecule has 0 fully saturated rings. The highest BCUT2D eigenvalue weighted by Crippen LogP contribution is 2.17. The van der Waals surface area contributed by atoms with Gasteiger partial charge in [0.25, 0.3) is 5.91 Å². The van der Waals surface area contributed by atoms with Crippen LogP contribution in [-0.4, -0.2) is 10.9 Å². The highest BCUT2D eigenvalue weighted by Gasteiger charge is 2.07. The molecule has 1 unspecified atom stereocenters. The summed E-state index contributed by atoms with van der Waals surface area (Å²) in [7, 11) is 0. The maximum Gasteiger partial charge on any atom is 0.283 e. The Morgan fingerprint density at radius 2 is 2.36 bits per heavy atom. The van der Waals surface area contributed by atoms with Crippen molar-refractivity contribution >= 4 is 5.91 Å². The lowest BCUT2D eigenvalue weighted by Crippen LogP contribution is -2.30. The van der Waals surface area contributed by atoms with Crippen molar-refractivity contribution in [2.24, 2.45) is 5.84 Å². The molecule has 3 N–H and O–H groups in total. The average molecular weight is 193 g/mol. The van der Waals surface area contributed by atoms with Gasteiger partial charge in [-0.15, -0.1) is 0 Å². The molecule has 0 bridgehead atoms. The molecule has 1 aromatic rings. The first-order valence-electron chi connectivity index (χ1n) is 4.66. The van der Waals surface area contributed by atoms with Crippen molar-refractivity contribution in [1.82, 2.24) is 10.4 Å². The summed E-state index contributed by atoms with van der Waals surface area (Å²) in [5.41, 5.74) is 3.53. The number of hydrazine groups is 1. The molecule has 0 aliphatic heterocycles. The summed E-state index contributed by atoms with van der Waals surface area (Å²) >= 11 is 0. The van der Waals surface area contributed by atoms with E-state index in [4.69, 9.17) is 5.84 Å². The number of carbonyl (C=O) groups is 1. The summed E-state index contributed by atoms with van der Waals surface area (Å²) < 4.78 is 0. The van der Waals surface area contributed by atoms with E-state index in [1.54, 1.807) is 12.3 Å².